The van der Waals surface area contributed by atoms with Crippen LogP contribution in [0.4, 0.5) is 0 Å². The molecule has 4 aliphatic carbocycles. The molecule has 4 saturated carbocycles. The monoisotopic (exact) mass is 500 g/mol. The molecule has 1 aromatic heterocycles. The molecule has 37 heavy (non-hydrogen) atoms. The van der Waals surface area contributed by atoms with Crippen LogP contribution in [0.3, 0.4) is 0 Å². The quantitative estimate of drug-likeness (QED) is 0.416. The molecule has 3 nitrogen and oxygen atoms in total. The third-order valence-electron chi connectivity index (χ3n) is 12.2. The number of carbonyl (C=O) groups is 1. The first-order valence-electron chi connectivity index (χ1n) is 15.1. The third kappa shape index (κ3) is 3.97. The Bertz CT molecular complexity index is 1180. The van der Waals surface area contributed by atoms with Crippen molar-refractivity contribution in [1.29, 1.82) is 0 Å². The number of fused-ring (bicyclic) bond motifs is 6. The summed E-state index contributed by atoms with van der Waals surface area (Å²) in [5.41, 5.74) is 2.15. The molecule has 4 fully saturated rings. The van der Waals surface area contributed by atoms with E-state index >= 15 is 0 Å². The molecule has 3 heteroatoms. The molecule has 0 N–H and O–H groups in total. The summed E-state index contributed by atoms with van der Waals surface area (Å²) in [5.74, 6) is 4.39. The SMILES string of the molecule is CN(C(=O)C(C)(C)C)[C@H]1CC[C@@]2(C)[C@@H](CC[C@@H]3[C@@H]2CC[C@]2(C)[C@@H](c4ccc5ccncc5c4)CC[C@@H]32)C1. The third-order valence-corrected chi connectivity index (χ3v) is 12.2. The van der Waals surface area contributed by atoms with Crippen LogP contribution in [-0.4, -0.2) is 28.9 Å². The molecule has 4 aliphatic rings. The molecule has 200 valence electrons. The predicted octanol–water partition coefficient (Wildman–Crippen LogP) is 8.23. The molecule has 1 amide bonds. The van der Waals surface area contributed by atoms with Gasteiger partial charge in [-0.2, -0.15) is 0 Å². The maximum atomic E-state index is 13.0. The van der Waals surface area contributed by atoms with Gasteiger partial charge < -0.3 is 4.90 Å². The summed E-state index contributed by atoms with van der Waals surface area (Å²) in [6.45, 7) is 11.5. The molecule has 0 radical (unpaired) electrons. The maximum Gasteiger partial charge on any atom is 0.227 e. The van der Waals surface area contributed by atoms with E-state index in [2.05, 4.69) is 75.8 Å². The van der Waals surface area contributed by atoms with Gasteiger partial charge in [0.2, 0.25) is 5.91 Å². The lowest BCUT2D eigenvalue weighted by atomic mass is 9.44. The Labute approximate surface area is 224 Å². The number of amides is 1. The fourth-order valence-corrected chi connectivity index (χ4v) is 10.1. The molecule has 8 atom stereocenters. The van der Waals surface area contributed by atoms with E-state index in [-0.39, 0.29) is 5.41 Å². The Balaban J connectivity index is 1.21. The van der Waals surface area contributed by atoms with E-state index in [1.165, 1.54) is 68.6 Å². The average Bonchev–Trinajstić information content (AvgIpc) is 3.23. The van der Waals surface area contributed by atoms with Crippen LogP contribution in [0.2, 0.25) is 0 Å². The zero-order valence-corrected chi connectivity index (χ0v) is 24.1. The minimum atomic E-state index is -0.290. The number of hydrogen-bond donors (Lipinski definition) is 0. The highest BCUT2D eigenvalue weighted by Crippen LogP contribution is 2.69. The number of hydrogen-bond acceptors (Lipinski definition) is 2. The predicted molar refractivity (Wildman–Crippen MR) is 152 cm³/mol. The Hall–Kier alpha value is -1.90. The van der Waals surface area contributed by atoms with Gasteiger partial charge in [-0.15, -0.1) is 0 Å². The second-order valence-electron chi connectivity index (χ2n) is 14.9. The zero-order valence-electron chi connectivity index (χ0n) is 24.1. The first-order chi connectivity index (χ1) is 17.5. The van der Waals surface area contributed by atoms with Gasteiger partial charge in [-0.05, 0) is 121 Å². The minimum absolute atomic E-state index is 0.290. The number of carbonyl (C=O) groups excluding carboxylic acids is 1. The molecule has 6 rings (SSSR count). The smallest absolute Gasteiger partial charge is 0.227 e. The van der Waals surface area contributed by atoms with Gasteiger partial charge in [-0.3, -0.25) is 9.78 Å². The fourth-order valence-electron chi connectivity index (χ4n) is 10.1. The molecule has 1 heterocycles. The lowest BCUT2D eigenvalue weighted by Crippen LogP contribution is -2.56. The fraction of sp³-hybridized carbons (Fsp3) is 0.706. The summed E-state index contributed by atoms with van der Waals surface area (Å²) < 4.78 is 0. The van der Waals surface area contributed by atoms with E-state index in [0.717, 1.165) is 23.7 Å². The number of nitrogens with zero attached hydrogens (tertiary/aromatic N) is 2. The van der Waals surface area contributed by atoms with E-state index in [0.29, 0.717) is 28.7 Å². The van der Waals surface area contributed by atoms with Gasteiger partial charge in [0.15, 0.2) is 0 Å². The zero-order chi connectivity index (χ0) is 26.2. The average molecular weight is 501 g/mol. The molecular weight excluding hydrogens is 452 g/mol. The highest BCUT2D eigenvalue weighted by atomic mass is 16.2. The minimum Gasteiger partial charge on any atom is -0.342 e. The number of pyridine rings is 1. The summed E-state index contributed by atoms with van der Waals surface area (Å²) in [7, 11) is 2.07. The van der Waals surface area contributed by atoms with Crippen molar-refractivity contribution in [2.75, 3.05) is 7.05 Å². The van der Waals surface area contributed by atoms with Crippen molar-refractivity contribution < 1.29 is 4.79 Å². The molecule has 0 bridgehead atoms. The van der Waals surface area contributed by atoms with Gasteiger partial charge in [-0.1, -0.05) is 46.8 Å². The summed E-state index contributed by atoms with van der Waals surface area (Å²) in [6.07, 6.45) is 15.9. The highest BCUT2D eigenvalue weighted by Gasteiger charge is 2.60. The first kappa shape index (κ1) is 25.4. The second-order valence-corrected chi connectivity index (χ2v) is 14.9. The highest BCUT2D eigenvalue weighted by molar-refractivity contribution is 5.82. The van der Waals surface area contributed by atoms with Gasteiger partial charge in [0.05, 0.1) is 0 Å². The topological polar surface area (TPSA) is 33.2 Å². The summed E-state index contributed by atoms with van der Waals surface area (Å²) in [6, 6.07) is 9.74. The van der Waals surface area contributed by atoms with Crippen LogP contribution in [0, 0.1) is 39.9 Å². The molecule has 0 aliphatic heterocycles. The van der Waals surface area contributed by atoms with Crippen molar-refractivity contribution >= 4 is 16.7 Å². The standard InChI is InChI=1S/C34H48N2O/c1-32(2,3)31(37)36(6)26-13-16-33(4)25(20-26)9-10-27-29-12-11-28(34(29,5)17-14-30(27)33)23-8-7-22-15-18-35-21-24(22)19-23/h7-8,15,18-19,21,25-30H,9-14,16-17,20H2,1-6H3/t25-,26-,27-,28+,29-,30-,33-,34+/m0/s1. The number of benzene rings is 1. The van der Waals surface area contributed by atoms with Crippen molar-refractivity contribution in [2.24, 2.45) is 39.9 Å². The normalized spacial score (nSPS) is 39.5. The van der Waals surface area contributed by atoms with Crippen LogP contribution < -0.4 is 0 Å². The lowest BCUT2D eigenvalue weighted by Gasteiger charge is -2.61. The summed E-state index contributed by atoms with van der Waals surface area (Å²) >= 11 is 0. The molecule has 1 aromatic carbocycles. The van der Waals surface area contributed by atoms with Crippen molar-refractivity contribution in [2.45, 2.75) is 104 Å². The van der Waals surface area contributed by atoms with Crippen LogP contribution in [0.5, 0.6) is 0 Å². The van der Waals surface area contributed by atoms with Crippen molar-refractivity contribution in [1.82, 2.24) is 9.88 Å². The molecular formula is C34H48N2O. The Morgan fingerprint density at radius 1 is 0.919 bits per heavy atom. The molecule has 0 unspecified atom stereocenters. The van der Waals surface area contributed by atoms with E-state index in [9.17, 15) is 4.79 Å². The maximum absolute atomic E-state index is 13.0. The molecule has 0 saturated heterocycles. The lowest BCUT2D eigenvalue weighted by molar-refractivity contribution is -0.146. The Kier molecular flexibility index (Phi) is 6.05. The van der Waals surface area contributed by atoms with Crippen molar-refractivity contribution in [3.8, 4) is 0 Å². The Morgan fingerprint density at radius 2 is 1.68 bits per heavy atom. The van der Waals surface area contributed by atoms with E-state index in [1.807, 2.05) is 12.4 Å². The van der Waals surface area contributed by atoms with E-state index < -0.39 is 0 Å². The van der Waals surface area contributed by atoms with Gasteiger partial charge in [0.25, 0.3) is 0 Å². The van der Waals surface area contributed by atoms with Crippen LogP contribution in [0.1, 0.15) is 104 Å². The molecule has 2 aromatic rings. The van der Waals surface area contributed by atoms with Crippen molar-refractivity contribution in [3.63, 3.8) is 0 Å². The Morgan fingerprint density at radius 3 is 2.46 bits per heavy atom. The van der Waals surface area contributed by atoms with Crippen LogP contribution >= 0.6 is 0 Å². The summed E-state index contributed by atoms with van der Waals surface area (Å²) in [5, 5.41) is 2.60. The van der Waals surface area contributed by atoms with Gasteiger partial charge in [0.1, 0.15) is 0 Å². The second kappa shape index (κ2) is 8.82. The van der Waals surface area contributed by atoms with E-state index in [4.69, 9.17) is 0 Å². The largest absolute Gasteiger partial charge is 0.342 e. The summed E-state index contributed by atoms with van der Waals surface area (Å²) in [4.78, 5) is 19.5. The van der Waals surface area contributed by atoms with Crippen LogP contribution in [0.25, 0.3) is 10.8 Å². The first-order valence-corrected chi connectivity index (χ1v) is 15.1. The number of rotatable bonds is 2. The van der Waals surface area contributed by atoms with Gasteiger partial charge >= 0.3 is 0 Å². The van der Waals surface area contributed by atoms with Crippen molar-refractivity contribution in [3.05, 3.63) is 42.2 Å². The number of aromatic nitrogens is 1. The molecule has 0 spiro atoms. The van der Waals surface area contributed by atoms with E-state index in [1.54, 1.807) is 5.56 Å². The van der Waals surface area contributed by atoms with Crippen LogP contribution in [-0.2, 0) is 4.79 Å². The van der Waals surface area contributed by atoms with Crippen LogP contribution in [0.15, 0.2) is 36.7 Å². The van der Waals surface area contributed by atoms with Gasteiger partial charge in [0, 0.05) is 36.3 Å². The van der Waals surface area contributed by atoms with Gasteiger partial charge in [-0.25, -0.2) is 0 Å².